The summed E-state index contributed by atoms with van der Waals surface area (Å²) in [5.74, 6) is 4.08. The molecule has 0 radical (unpaired) electrons. The van der Waals surface area contributed by atoms with Gasteiger partial charge in [0, 0.05) is 0 Å². The zero-order valence-corrected chi connectivity index (χ0v) is 12.6. The van der Waals surface area contributed by atoms with Crippen molar-refractivity contribution in [1.29, 1.82) is 0 Å². The Morgan fingerprint density at radius 2 is 1.83 bits per heavy atom. The third kappa shape index (κ3) is 3.01. The fourth-order valence-corrected chi connectivity index (χ4v) is 2.18. The number of imidazole rings is 1. The SMILES string of the molecule is Cl.NN(C(=O)c1ccccc1C(=O)O)c1ccc2nc[nH]c2c1. The number of hydrogen-bond acceptors (Lipinski definition) is 4. The number of carbonyl (C=O) groups is 2. The van der Waals surface area contributed by atoms with E-state index in [0.29, 0.717) is 5.69 Å². The van der Waals surface area contributed by atoms with E-state index in [1.807, 2.05) is 0 Å². The molecule has 7 nitrogen and oxygen atoms in total. The van der Waals surface area contributed by atoms with Crippen LogP contribution in [0.4, 0.5) is 5.69 Å². The molecule has 0 aliphatic carbocycles. The molecule has 23 heavy (non-hydrogen) atoms. The van der Waals surface area contributed by atoms with Gasteiger partial charge in [0.25, 0.3) is 5.91 Å². The van der Waals surface area contributed by atoms with Gasteiger partial charge in [-0.1, -0.05) is 12.1 Å². The number of aromatic nitrogens is 2. The number of benzene rings is 2. The highest BCUT2D eigenvalue weighted by molar-refractivity contribution is 6.11. The molecule has 3 rings (SSSR count). The van der Waals surface area contributed by atoms with Crippen molar-refractivity contribution < 1.29 is 14.7 Å². The second kappa shape index (κ2) is 6.47. The lowest BCUT2D eigenvalue weighted by atomic mass is 10.1. The monoisotopic (exact) mass is 332 g/mol. The molecule has 0 saturated heterocycles. The molecule has 0 aliphatic heterocycles. The van der Waals surface area contributed by atoms with Gasteiger partial charge in [0.05, 0.1) is 34.2 Å². The highest BCUT2D eigenvalue weighted by Crippen LogP contribution is 2.20. The number of fused-ring (bicyclic) bond motifs is 1. The number of carboxylic acid groups (broad SMARTS) is 1. The summed E-state index contributed by atoms with van der Waals surface area (Å²) in [6.07, 6.45) is 1.54. The number of H-pyrrole nitrogens is 1. The van der Waals surface area contributed by atoms with Gasteiger partial charge in [-0.25, -0.2) is 20.6 Å². The first kappa shape index (κ1) is 16.5. The zero-order chi connectivity index (χ0) is 15.7. The Balaban J connectivity index is 0.00000192. The van der Waals surface area contributed by atoms with Crippen molar-refractivity contribution in [2.75, 3.05) is 5.01 Å². The van der Waals surface area contributed by atoms with Crippen LogP contribution in [-0.2, 0) is 0 Å². The molecular formula is C15H13ClN4O3. The van der Waals surface area contributed by atoms with E-state index in [2.05, 4.69) is 9.97 Å². The normalized spacial score (nSPS) is 10.1. The minimum Gasteiger partial charge on any atom is -0.478 e. The summed E-state index contributed by atoms with van der Waals surface area (Å²) >= 11 is 0. The maximum atomic E-state index is 12.5. The highest BCUT2D eigenvalue weighted by Gasteiger charge is 2.21. The van der Waals surface area contributed by atoms with E-state index in [-0.39, 0.29) is 23.5 Å². The van der Waals surface area contributed by atoms with Crippen LogP contribution < -0.4 is 10.9 Å². The lowest BCUT2D eigenvalue weighted by Gasteiger charge is -2.17. The number of rotatable bonds is 3. The predicted molar refractivity (Wildman–Crippen MR) is 87.7 cm³/mol. The van der Waals surface area contributed by atoms with Gasteiger partial charge in [0.2, 0.25) is 0 Å². The predicted octanol–water partition coefficient (Wildman–Crippen LogP) is 2.20. The Hall–Kier alpha value is -2.90. The van der Waals surface area contributed by atoms with Gasteiger partial charge in [-0.05, 0) is 30.3 Å². The molecule has 0 fully saturated rings. The van der Waals surface area contributed by atoms with Crippen LogP contribution in [0.25, 0.3) is 11.0 Å². The van der Waals surface area contributed by atoms with E-state index in [0.717, 1.165) is 16.0 Å². The number of amides is 1. The van der Waals surface area contributed by atoms with Crippen LogP contribution in [0.2, 0.25) is 0 Å². The molecule has 0 saturated carbocycles. The lowest BCUT2D eigenvalue weighted by Crippen LogP contribution is -2.38. The summed E-state index contributed by atoms with van der Waals surface area (Å²) in [5, 5.41) is 10.1. The van der Waals surface area contributed by atoms with Gasteiger partial charge < -0.3 is 10.1 Å². The number of carbonyl (C=O) groups excluding carboxylic acids is 1. The van der Waals surface area contributed by atoms with Gasteiger partial charge in [-0.2, -0.15) is 0 Å². The Bertz CT molecular complexity index is 878. The maximum Gasteiger partial charge on any atom is 0.336 e. The number of nitrogens with zero attached hydrogens (tertiary/aromatic N) is 2. The second-order valence-corrected chi connectivity index (χ2v) is 4.63. The van der Waals surface area contributed by atoms with Crippen molar-refractivity contribution >= 4 is 41.0 Å². The summed E-state index contributed by atoms with van der Waals surface area (Å²) in [6, 6.07) is 11.0. The average molecular weight is 333 g/mol. The van der Waals surface area contributed by atoms with Crippen LogP contribution in [0, 0.1) is 0 Å². The van der Waals surface area contributed by atoms with E-state index in [1.165, 1.54) is 18.5 Å². The number of aromatic carboxylic acids is 1. The smallest absolute Gasteiger partial charge is 0.336 e. The van der Waals surface area contributed by atoms with Crippen LogP contribution in [0.5, 0.6) is 0 Å². The molecule has 8 heteroatoms. The zero-order valence-electron chi connectivity index (χ0n) is 11.8. The highest BCUT2D eigenvalue weighted by atomic mass is 35.5. The molecule has 0 atom stereocenters. The molecule has 2 aromatic carbocycles. The molecule has 118 valence electrons. The maximum absolute atomic E-state index is 12.5. The Morgan fingerprint density at radius 1 is 1.13 bits per heavy atom. The van der Waals surface area contributed by atoms with Gasteiger partial charge in [0.1, 0.15) is 0 Å². The minimum absolute atomic E-state index is 0. The van der Waals surface area contributed by atoms with Crippen LogP contribution >= 0.6 is 12.4 Å². The third-order valence-corrected chi connectivity index (χ3v) is 3.29. The molecular weight excluding hydrogens is 320 g/mol. The topological polar surface area (TPSA) is 112 Å². The Labute approximate surface area is 137 Å². The summed E-state index contributed by atoms with van der Waals surface area (Å²) in [6.45, 7) is 0. The third-order valence-electron chi connectivity index (χ3n) is 3.29. The molecule has 1 heterocycles. The van der Waals surface area contributed by atoms with E-state index < -0.39 is 11.9 Å². The molecule has 0 bridgehead atoms. The fraction of sp³-hybridized carbons (Fsp3) is 0. The van der Waals surface area contributed by atoms with Crippen molar-refractivity contribution in [3.63, 3.8) is 0 Å². The van der Waals surface area contributed by atoms with Crippen molar-refractivity contribution in [1.82, 2.24) is 9.97 Å². The largest absolute Gasteiger partial charge is 0.478 e. The summed E-state index contributed by atoms with van der Waals surface area (Å²) in [7, 11) is 0. The van der Waals surface area contributed by atoms with Crippen molar-refractivity contribution in [3.05, 3.63) is 59.9 Å². The number of hydrogen-bond donors (Lipinski definition) is 3. The lowest BCUT2D eigenvalue weighted by molar-refractivity contribution is 0.0692. The first-order chi connectivity index (χ1) is 10.6. The molecule has 3 aromatic rings. The molecule has 0 unspecified atom stereocenters. The summed E-state index contributed by atoms with van der Waals surface area (Å²) < 4.78 is 0. The average Bonchev–Trinajstić information content (AvgIpc) is 3.01. The number of halogens is 1. The number of nitrogens with one attached hydrogen (secondary N) is 1. The van der Waals surface area contributed by atoms with E-state index >= 15 is 0 Å². The van der Waals surface area contributed by atoms with Crippen molar-refractivity contribution in [2.45, 2.75) is 0 Å². The molecule has 0 spiro atoms. The van der Waals surface area contributed by atoms with Crippen molar-refractivity contribution in [3.8, 4) is 0 Å². The Kier molecular flexibility index (Phi) is 4.63. The first-order valence-corrected chi connectivity index (χ1v) is 6.42. The molecule has 4 N–H and O–H groups in total. The van der Waals surface area contributed by atoms with Gasteiger partial charge in [-0.3, -0.25) is 4.79 Å². The van der Waals surface area contributed by atoms with Crippen LogP contribution in [0.15, 0.2) is 48.8 Å². The summed E-state index contributed by atoms with van der Waals surface area (Å²) in [5.41, 5.74) is 1.84. The van der Waals surface area contributed by atoms with Gasteiger partial charge in [-0.15, -0.1) is 12.4 Å². The van der Waals surface area contributed by atoms with E-state index in [9.17, 15) is 9.59 Å². The van der Waals surface area contributed by atoms with Gasteiger partial charge in [0.15, 0.2) is 0 Å². The Morgan fingerprint density at radius 3 is 2.52 bits per heavy atom. The number of anilines is 1. The van der Waals surface area contributed by atoms with Crippen LogP contribution in [0.1, 0.15) is 20.7 Å². The first-order valence-electron chi connectivity index (χ1n) is 6.42. The summed E-state index contributed by atoms with van der Waals surface area (Å²) in [4.78, 5) is 30.7. The molecule has 1 aromatic heterocycles. The number of hydrazine groups is 1. The van der Waals surface area contributed by atoms with Crippen LogP contribution in [0.3, 0.4) is 0 Å². The second-order valence-electron chi connectivity index (χ2n) is 4.63. The standard InChI is InChI=1S/C15H12N4O3.ClH/c16-19(9-5-6-12-13(7-9)18-8-17-12)14(20)10-3-1-2-4-11(10)15(21)22;/h1-8H,16H2,(H,17,18)(H,21,22);1H. The quantitative estimate of drug-likeness (QED) is 0.386. The van der Waals surface area contributed by atoms with Gasteiger partial charge >= 0.3 is 5.97 Å². The minimum atomic E-state index is -1.18. The molecule has 1 amide bonds. The molecule has 0 aliphatic rings. The van der Waals surface area contributed by atoms with E-state index in [4.69, 9.17) is 10.9 Å². The number of aromatic amines is 1. The van der Waals surface area contributed by atoms with Crippen LogP contribution in [-0.4, -0.2) is 27.0 Å². The number of carboxylic acids is 1. The fourth-order valence-electron chi connectivity index (χ4n) is 2.18. The number of nitrogens with two attached hydrogens (primary N) is 1. The van der Waals surface area contributed by atoms with E-state index in [1.54, 1.807) is 30.3 Å². The van der Waals surface area contributed by atoms with Crippen molar-refractivity contribution in [2.24, 2.45) is 5.84 Å².